The number of benzene rings is 2. The van der Waals surface area contributed by atoms with Crippen LogP contribution < -0.4 is 25.4 Å². The van der Waals surface area contributed by atoms with E-state index in [2.05, 4.69) is 16.0 Å². The Balaban J connectivity index is 1.24. The Bertz CT molecular complexity index is 1630. The predicted octanol–water partition coefficient (Wildman–Crippen LogP) is 6.05. The second-order valence-electron chi connectivity index (χ2n) is 11.3. The molecular weight excluding hydrogens is 669 g/mol. The van der Waals surface area contributed by atoms with Crippen LogP contribution in [-0.4, -0.2) is 53.4 Å². The highest BCUT2D eigenvalue weighted by molar-refractivity contribution is 7.10. The van der Waals surface area contributed by atoms with E-state index in [0.717, 1.165) is 15.3 Å². The number of ether oxygens (including phenoxy) is 3. The van der Waals surface area contributed by atoms with E-state index >= 15 is 0 Å². The lowest BCUT2D eigenvalue weighted by Crippen LogP contribution is -2.51. The van der Waals surface area contributed by atoms with Crippen molar-refractivity contribution in [2.24, 2.45) is 0 Å². The van der Waals surface area contributed by atoms with E-state index in [-0.39, 0.29) is 32.1 Å². The van der Waals surface area contributed by atoms with Crippen LogP contribution in [0.15, 0.2) is 83.6 Å². The van der Waals surface area contributed by atoms with Gasteiger partial charge in [-0.1, -0.05) is 48.5 Å². The molecule has 5 rings (SSSR count). The Morgan fingerprint density at radius 2 is 1.57 bits per heavy atom. The van der Waals surface area contributed by atoms with E-state index in [1.165, 1.54) is 22.7 Å². The van der Waals surface area contributed by atoms with Gasteiger partial charge in [0.1, 0.15) is 12.6 Å². The third-order valence-corrected chi connectivity index (χ3v) is 9.38. The first-order valence-corrected chi connectivity index (χ1v) is 17.6. The van der Waals surface area contributed by atoms with Gasteiger partial charge in [0.15, 0.2) is 11.5 Å². The summed E-state index contributed by atoms with van der Waals surface area (Å²) in [5.41, 5.74) is 1.40. The standard InChI is InChI=1S/C35H38N4O8S2/c40-32(41)19-29(25-13-14-30-31(18-25)47-23-46-30)38-34(43)37-28(12-4-5-15-36-35(44)45-22-24-8-2-1-3-9-24)33(42)39(20-26-10-6-16-48-26)21-27-11-7-17-49-27/h1-3,6-11,13-14,16-18,28-29H,4-5,12,15,19-23H2,(H,36,44)(H,40,41)(H2,37,38,43)/t28-,29+/m1/s1. The molecule has 2 atom stereocenters. The minimum atomic E-state index is -1.11. The normalized spacial score (nSPS) is 12.8. The molecular formula is C35H38N4O8S2. The number of carboxylic acids is 1. The van der Waals surface area contributed by atoms with Gasteiger partial charge in [-0.25, -0.2) is 9.59 Å². The summed E-state index contributed by atoms with van der Waals surface area (Å²) in [6.45, 7) is 1.25. The molecule has 2 aromatic heterocycles. The first-order chi connectivity index (χ1) is 23.8. The zero-order valence-corrected chi connectivity index (χ0v) is 28.3. The number of amides is 4. The molecule has 2 aromatic carbocycles. The number of rotatable bonds is 17. The van der Waals surface area contributed by atoms with Gasteiger partial charge >= 0.3 is 18.1 Å². The van der Waals surface area contributed by atoms with Crippen LogP contribution in [-0.2, 0) is 34.0 Å². The molecule has 0 saturated carbocycles. The Labute approximate surface area is 292 Å². The van der Waals surface area contributed by atoms with Gasteiger partial charge in [-0.2, -0.15) is 0 Å². The Morgan fingerprint density at radius 1 is 0.857 bits per heavy atom. The quantitative estimate of drug-likeness (QED) is 0.0968. The Morgan fingerprint density at radius 3 is 2.24 bits per heavy atom. The molecule has 1 aliphatic heterocycles. The average Bonchev–Trinajstić information content (AvgIpc) is 3.90. The minimum Gasteiger partial charge on any atom is -0.481 e. The van der Waals surface area contributed by atoms with Gasteiger partial charge in [-0.05, 0) is 65.4 Å². The fourth-order valence-electron chi connectivity index (χ4n) is 5.22. The summed E-state index contributed by atoms with van der Waals surface area (Å²) in [6, 6.07) is 19.6. The van der Waals surface area contributed by atoms with Gasteiger partial charge in [0.25, 0.3) is 0 Å². The highest BCUT2D eigenvalue weighted by atomic mass is 32.1. The molecule has 4 N–H and O–H groups in total. The molecule has 3 heterocycles. The molecule has 0 aliphatic carbocycles. The maximum absolute atomic E-state index is 14.2. The van der Waals surface area contributed by atoms with Gasteiger partial charge in [0.2, 0.25) is 12.7 Å². The van der Waals surface area contributed by atoms with Crippen molar-refractivity contribution in [1.82, 2.24) is 20.9 Å². The summed E-state index contributed by atoms with van der Waals surface area (Å²) in [5, 5.41) is 21.8. The van der Waals surface area contributed by atoms with Gasteiger partial charge < -0.3 is 40.2 Å². The van der Waals surface area contributed by atoms with Crippen LogP contribution in [0.3, 0.4) is 0 Å². The van der Waals surface area contributed by atoms with Crippen LogP contribution in [0.25, 0.3) is 0 Å². The molecule has 49 heavy (non-hydrogen) atoms. The molecule has 0 bridgehead atoms. The number of nitrogens with one attached hydrogen (secondary N) is 3. The van der Waals surface area contributed by atoms with E-state index in [4.69, 9.17) is 14.2 Å². The fourth-order valence-corrected chi connectivity index (χ4v) is 6.66. The Kier molecular flexibility index (Phi) is 12.9. The van der Waals surface area contributed by atoms with Crippen molar-refractivity contribution < 1.29 is 38.5 Å². The second-order valence-corrected chi connectivity index (χ2v) is 13.3. The largest absolute Gasteiger partial charge is 0.481 e. The first kappa shape index (κ1) is 35.2. The molecule has 12 nitrogen and oxygen atoms in total. The van der Waals surface area contributed by atoms with E-state index in [1.54, 1.807) is 23.1 Å². The molecule has 0 radical (unpaired) electrons. The maximum Gasteiger partial charge on any atom is 0.407 e. The lowest BCUT2D eigenvalue weighted by Gasteiger charge is -2.28. The SMILES string of the molecule is O=C(O)C[C@H](NC(=O)N[C@H](CCCCNC(=O)OCc1ccccc1)C(=O)N(Cc1cccs1)Cc1cccs1)c1ccc2c(c1)OCO2. The fraction of sp³-hybridized carbons (Fsp3) is 0.314. The van der Waals surface area contributed by atoms with Gasteiger partial charge in [0, 0.05) is 16.3 Å². The molecule has 4 aromatic rings. The topological polar surface area (TPSA) is 156 Å². The van der Waals surface area contributed by atoms with Gasteiger partial charge in [0.05, 0.1) is 25.6 Å². The van der Waals surface area contributed by atoms with Gasteiger partial charge in [-0.3, -0.25) is 9.59 Å². The number of hydrogen-bond donors (Lipinski definition) is 4. The number of aliphatic carboxylic acids is 1. The molecule has 0 spiro atoms. The van der Waals surface area contributed by atoms with Crippen molar-refractivity contribution in [2.75, 3.05) is 13.3 Å². The number of unbranched alkanes of at least 4 members (excludes halogenated alkanes) is 1. The zero-order chi connectivity index (χ0) is 34.4. The number of fused-ring (bicyclic) bond motifs is 1. The molecule has 1 aliphatic rings. The van der Waals surface area contributed by atoms with Crippen LogP contribution >= 0.6 is 22.7 Å². The average molecular weight is 707 g/mol. The highest BCUT2D eigenvalue weighted by Gasteiger charge is 2.29. The molecule has 14 heteroatoms. The van der Waals surface area contributed by atoms with E-state index in [0.29, 0.717) is 49.5 Å². The maximum atomic E-state index is 14.2. The lowest BCUT2D eigenvalue weighted by molar-refractivity contribution is -0.137. The summed E-state index contributed by atoms with van der Waals surface area (Å²) in [5.74, 6) is -0.393. The summed E-state index contributed by atoms with van der Waals surface area (Å²) in [6.07, 6.45) is 0.386. The van der Waals surface area contributed by atoms with Gasteiger partial charge in [-0.15, -0.1) is 22.7 Å². The summed E-state index contributed by atoms with van der Waals surface area (Å²) < 4.78 is 16.1. The number of carbonyl (C=O) groups excluding carboxylic acids is 3. The number of nitrogens with zero attached hydrogens (tertiary/aromatic N) is 1. The molecule has 4 amide bonds. The number of carbonyl (C=O) groups is 4. The smallest absolute Gasteiger partial charge is 0.407 e. The number of urea groups is 1. The zero-order valence-electron chi connectivity index (χ0n) is 26.7. The van der Waals surface area contributed by atoms with Crippen molar-refractivity contribution >= 4 is 46.7 Å². The molecule has 0 fully saturated rings. The number of thiophene rings is 2. The lowest BCUT2D eigenvalue weighted by atomic mass is 10.0. The van der Waals surface area contributed by atoms with Crippen molar-refractivity contribution in [3.8, 4) is 11.5 Å². The molecule has 258 valence electrons. The number of hydrogen-bond acceptors (Lipinski definition) is 9. The van der Waals surface area contributed by atoms with E-state index < -0.39 is 30.2 Å². The number of carboxylic acid groups (broad SMARTS) is 1. The summed E-state index contributed by atoms with van der Waals surface area (Å²) >= 11 is 3.08. The number of alkyl carbamates (subject to hydrolysis) is 1. The van der Waals surface area contributed by atoms with Crippen molar-refractivity contribution in [3.63, 3.8) is 0 Å². The summed E-state index contributed by atoms with van der Waals surface area (Å²) in [4.78, 5) is 55.3. The van der Waals surface area contributed by atoms with Crippen LogP contribution in [0.4, 0.5) is 9.59 Å². The highest BCUT2D eigenvalue weighted by Crippen LogP contribution is 2.35. The third kappa shape index (κ3) is 11.0. The Hall–Kier alpha value is -5.08. The minimum absolute atomic E-state index is 0.0535. The monoisotopic (exact) mass is 706 g/mol. The van der Waals surface area contributed by atoms with Crippen molar-refractivity contribution in [1.29, 1.82) is 0 Å². The predicted molar refractivity (Wildman–Crippen MR) is 184 cm³/mol. The van der Waals surface area contributed by atoms with Crippen LogP contribution in [0.1, 0.15) is 52.6 Å². The first-order valence-electron chi connectivity index (χ1n) is 15.8. The van der Waals surface area contributed by atoms with Crippen molar-refractivity contribution in [3.05, 3.63) is 104 Å². The van der Waals surface area contributed by atoms with E-state index in [1.807, 2.05) is 65.4 Å². The van der Waals surface area contributed by atoms with Crippen LogP contribution in [0.2, 0.25) is 0 Å². The third-order valence-electron chi connectivity index (χ3n) is 7.65. The summed E-state index contributed by atoms with van der Waals surface area (Å²) in [7, 11) is 0. The van der Waals surface area contributed by atoms with E-state index in [9.17, 15) is 24.3 Å². The van der Waals surface area contributed by atoms with Crippen molar-refractivity contribution in [2.45, 2.75) is 57.5 Å². The molecule has 0 saturated heterocycles. The molecule has 0 unspecified atom stereocenters. The van der Waals surface area contributed by atoms with Crippen LogP contribution in [0.5, 0.6) is 11.5 Å². The van der Waals surface area contributed by atoms with Crippen LogP contribution in [0, 0.1) is 0 Å². The second kappa shape index (κ2) is 17.9.